The van der Waals surface area contributed by atoms with Gasteiger partial charge in [-0.1, -0.05) is 37.5 Å². The summed E-state index contributed by atoms with van der Waals surface area (Å²) in [6.45, 7) is 4.24. The zero-order valence-corrected chi connectivity index (χ0v) is 24.2. The first kappa shape index (κ1) is 29.9. The number of hydrogen-bond donors (Lipinski definition) is 2. The first-order valence-electron chi connectivity index (χ1n) is 14.5. The third-order valence-corrected chi connectivity index (χ3v) is 7.20. The lowest BCUT2D eigenvalue weighted by Crippen LogP contribution is -2.48. The quantitative estimate of drug-likeness (QED) is 0.303. The molecule has 1 heterocycles. The molecule has 41 heavy (non-hydrogen) atoms. The Kier molecular flexibility index (Phi) is 10.6. The van der Waals surface area contributed by atoms with Gasteiger partial charge in [-0.2, -0.15) is 0 Å². The lowest BCUT2D eigenvalue weighted by molar-refractivity contribution is -0.147. The number of urea groups is 1. The van der Waals surface area contributed by atoms with Crippen molar-refractivity contribution in [2.75, 3.05) is 25.5 Å². The number of ether oxygens (including phenoxy) is 2. The SMILES string of the molecule is CC(C)OC(=O)CN1Cc2cc(OCCCC(=O)N(C)C3CCCCC3)ccc2N=C1NC(=O)Nc1ccccc1. The maximum Gasteiger partial charge on any atom is 0.326 e. The van der Waals surface area contributed by atoms with Crippen LogP contribution in [0, 0.1) is 0 Å². The van der Waals surface area contributed by atoms with Crippen molar-refractivity contribution in [3.05, 3.63) is 54.1 Å². The first-order valence-corrected chi connectivity index (χ1v) is 14.5. The van der Waals surface area contributed by atoms with Gasteiger partial charge in [0.15, 0.2) is 0 Å². The average Bonchev–Trinajstić information content (AvgIpc) is 2.95. The van der Waals surface area contributed by atoms with Gasteiger partial charge >= 0.3 is 12.0 Å². The molecule has 4 rings (SSSR count). The fraction of sp³-hybridized carbons (Fsp3) is 0.484. The molecule has 1 aliphatic carbocycles. The summed E-state index contributed by atoms with van der Waals surface area (Å²) < 4.78 is 11.3. The molecule has 0 atom stereocenters. The summed E-state index contributed by atoms with van der Waals surface area (Å²) in [5.74, 6) is 0.660. The van der Waals surface area contributed by atoms with Crippen LogP contribution in [0.1, 0.15) is 64.4 Å². The number of rotatable bonds is 10. The predicted octanol–water partition coefficient (Wildman–Crippen LogP) is 5.21. The van der Waals surface area contributed by atoms with Crippen LogP contribution in [0.2, 0.25) is 0 Å². The van der Waals surface area contributed by atoms with Gasteiger partial charge in [-0.25, -0.2) is 9.79 Å². The van der Waals surface area contributed by atoms with E-state index in [0.29, 0.717) is 49.2 Å². The standard InChI is InChI=1S/C31H41N5O5/c1-22(2)41-29(38)21-36-20-23-19-26(40-18-10-15-28(37)35(3)25-13-8-5-9-14-25)16-17-27(23)33-30(36)34-31(39)32-24-11-6-4-7-12-24/h4,6-7,11-12,16-17,19,22,25H,5,8-10,13-15,18,20-21H2,1-3H3,(H2,32,33,34,39). The van der Waals surface area contributed by atoms with Crippen molar-refractivity contribution in [2.24, 2.45) is 4.99 Å². The number of nitrogens with zero attached hydrogens (tertiary/aromatic N) is 3. The largest absolute Gasteiger partial charge is 0.494 e. The molecule has 2 aliphatic rings. The van der Waals surface area contributed by atoms with Crippen molar-refractivity contribution in [3.8, 4) is 5.75 Å². The van der Waals surface area contributed by atoms with Crippen LogP contribution in [0.15, 0.2) is 53.5 Å². The van der Waals surface area contributed by atoms with Crippen molar-refractivity contribution in [1.82, 2.24) is 15.1 Å². The van der Waals surface area contributed by atoms with Crippen LogP contribution >= 0.6 is 0 Å². The minimum atomic E-state index is -0.468. The van der Waals surface area contributed by atoms with Crippen LogP contribution in [0.3, 0.4) is 0 Å². The van der Waals surface area contributed by atoms with E-state index >= 15 is 0 Å². The van der Waals surface area contributed by atoms with E-state index in [9.17, 15) is 14.4 Å². The van der Waals surface area contributed by atoms with E-state index < -0.39 is 12.0 Å². The molecular formula is C31H41N5O5. The van der Waals surface area contributed by atoms with Gasteiger partial charge in [-0.3, -0.25) is 14.9 Å². The van der Waals surface area contributed by atoms with Gasteiger partial charge in [0.2, 0.25) is 11.9 Å². The number of aliphatic imine (C=N–C) groups is 1. The van der Waals surface area contributed by atoms with Crippen LogP contribution in [-0.2, 0) is 20.9 Å². The van der Waals surface area contributed by atoms with Crippen LogP contribution in [0.25, 0.3) is 0 Å². The van der Waals surface area contributed by atoms with E-state index in [4.69, 9.17) is 9.47 Å². The Morgan fingerprint density at radius 2 is 1.80 bits per heavy atom. The molecule has 0 bridgehead atoms. The van der Waals surface area contributed by atoms with Crippen molar-refractivity contribution < 1.29 is 23.9 Å². The molecule has 1 saturated carbocycles. The van der Waals surface area contributed by atoms with Crippen molar-refractivity contribution in [3.63, 3.8) is 0 Å². The maximum absolute atomic E-state index is 12.7. The molecule has 0 spiro atoms. The van der Waals surface area contributed by atoms with Gasteiger partial charge in [0.1, 0.15) is 12.3 Å². The van der Waals surface area contributed by atoms with Crippen molar-refractivity contribution >= 4 is 35.2 Å². The second-order valence-corrected chi connectivity index (χ2v) is 10.8. The summed E-state index contributed by atoms with van der Waals surface area (Å²) in [4.78, 5) is 46.0. The smallest absolute Gasteiger partial charge is 0.326 e. The Labute approximate surface area is 242 Å². The molecular weight excluding hydrogens is 522 g/mol. The summed E-state index contributed by atoms with van der Waals surface area (Å²) in [6, 6.07) is 14.5. The van der Waals surface area contributed by atoms with Crippen LogP contribution in [0.4, 0.5) is 16.2 Å². The van der Waals surface area contributed by atoms with Crippen molar-refractivity contribution in [2.45, 2.75) is 77.5 Å². The minimum absolute atomic E-state index is 0.0796. The molecule has 10 heteroatoms. The summed E-state index contributed by atoms with van der Waals surface area (Å²) in [7, 11) is 1.92. The van der Waals surface area contributed by atoms with Crippen LogP contribution in [-0.4, -0.2) is 66.0 Å². The van der Waals surface area contributed by atoms with E-state index in [1.54, 1.807) is 30.9 Å². The lowest BCUT2D eigenvalue weighted by Gasteiger charge is -2.31. The molecule has 3 amide bonds. The Morgan fingerprint density at radius 3 is 2.54 bits per heavy atom. The summed E-state index contributed by atoms with van der Waals surface area (Å²) in [5.41, 5.74) is 2.16. The number of benzene rings is 2. The molecule has 2 aromatic carbocycles. The fourth-order valence-corrected chi connectivity index (χ4v) is 5.09. The first-order chi connectivity index (χ1) is 19.8. The molecule has 0 radical (unpaired) electrons. The molecule has 2 N–H and O–H groups in total. The number of carbonyl (C=O) groups excluding carboxylic acids is 3. The second kappa shape index (κ2) is 14.5. The zero-order valence-electron chi connectivity index (χ0n) is 24.2. The molecule has 2 aromatic rings. The average molecular weight is 564 g/mol. The number of esters is 1. The zero-order chi connectivity index (χ0) is 29.2. The van der Waals surface area contributed by atoms with E-state index in [2.05, 4.69) is 15.6 Å². The highest BCUT2D eigenvalue weighted by Crippen LogP contribution is 2.30. The van der Waals surface area contributed by atoms with Gasteiger partial charge in [0.25, 0.3) is 0 Å². The number of amides is 3. The van der Waals surface area contributed by atoms with E-state index in [-0.39, 0.29) is 24.5 Å². The normalized spacial score (nSPS) is 15.0. The Balaban J connectivity index is 1.37. The predicted molar refractivity (Wildman–Crippen MR) is 158 cm³/mol. The van der Waals surface area contributed by atoms with Crippen molar-refractivity contribution in [1.29, 1.82) is 0 Å². The number of nitrogens with one attached hydrogen (secondary N) is 2. The number of hydrogen-bond acceptors (Lipinski definition) is 7. The Bertz CT molecular complexity index is 1230. The summed E-state index contributed by atoms with van der Waals surface area (Å²) in [5, 5.41) is 5.54. The molecule has 0 saturated heterocycles. The van der Waals surface area contributed by atoms with E-state index in [1.165, 1.54) is 19.3 Å². The number of fused-ring (bicyclic) bond motifs is 1. The van der Waals surface area contributed by atoms with Gasteiger partial charge in [0, 0.05) is 37.3 Å². The number of anilines is 1. The molecule has 1 fully saturated rings. The maximum atomic E-state index is 12.7. The van der Waals surface area contributed by atoms with E-state index in [0.717, 1.165) is 18.4 Å². The molecule has 220 valence electrons. The fourth-order valence-electron chi connectivity index (χ4n) is 5.09. The van der Waals surface area contributed by atoms with E-state index in [1.807, 2.05) is 48.3 Å². The highest BCUT2D eigenvalue weighted by molar-refractivity contribution is 6.04. The van der Waals surface area contributed by atoms with Crippen LogP contribution in [0.5, 0.6) is 5.75 Å². The Hall–Kier alpha value is -4.08. The number of para-hydroxylation sites is 1. The highest BCUT2D eigenvalue weighted by atomic mass is 16.5. The van der Waals surface area contributed by atoms with Gasteiger partial charge in [-0.15, -0.1) is 0 Å². The molecule has 0 unspecified atom stereocenters. The summed E-state index contributed by atoms with van der Waals surface area (Å²) in [6.07, 6.45) is 6.67. The highest BCUT2D eigenvalue weighted by Gasteiger charge is 2.25. The monoisotopic (exact) mass is 563 g/mol. The topological polar surface area (TPSA) is 113 Å². The minimum Gasteiger partial charge on any atom is -0.494 e. The summed E-state index contributed by atoms with van der Waals surface area (Å²) >= 11 is 0. The Morgan fingerprint density at radius 1 is 1.05 bits per heavy atom. The third kappa shape index (κ3) is 8.96. The second-order valence-electron chi connectivity index (χ2n) is 10.8. The molecule has 0 aromatic heterocycles. The molecule has 10 nitrogen and oxygen atoms in total. The number of carbonyl (C=O) groups is 3. The lowest BCUT2D eigenvalue weighted by atomic mass is 9.94. The number of guanidine groups is 1. The molecule has 1 aliphatic heterocycles. The third-order valence-electron chi connectivity index (χ3n) is 7.20. The van der Waals surface area contributed by atoms with Gasteiger partial charge in [-0.05, 0) is 63.4 Å². The van der Waals surface area contributed by atoms with Crippen LogP contribution < -0.4 is 15.4 Å². The van der Waals surface area contributed by atoms with Gasteiger partial charge < -0.3 is 24.6 Å². The van der Waals surface area contributed by atoms with Gasteiger partial charge in [0.05, 0.1) is 18.4 Å².